The number of aryl methyl sites for hydroxylation is 1. The van der Waals surface area contributed by atoms with Crippen LogP contribution in [0.2, 0.25) is 0 Å². The van der Waals surface area contributed by atoms with Gasteiger partial charge in [-0.1, -0.05) is 11.6 Å². The molecule has 0 fully saturated rings. The summed E-state index contributed by atoms with van der Waals surface area (Å²) in [5, 5.41) is 16.5. The summed E-state index contributed by atoms with van der Waals surface area (Å²) >= 11 is 0. The monoisotopic (exact) mass is 333 g/mol. The zero-order valence-electron chi connectivity index (χ0n) is 14.5. The molecule has 4 heterocycles. The molecule has 2 aromatic heterocycles. The van der Waals surface area contributed by atoms with Crippen LogP contribution in [0, 0.1) is 6.92 Å². The van der Waals surface area contributed by atoms with Crippen molar-refractivity contribution in [2.24, 2.45) is 0 Å². The van der Waals surface area contributed by atoms with Gasteiger partial charge in [-0.2, -0.15) is 0 Å². The third-order valence-corrected chi connectivity index (χ3v) is 5.95. The number of nitrogens with zero attached hydrogens (tertiary/aromatic N) is 2. The van der Waals surface area contributed by atoms with Gasteiger partial charge in [-0.25, -0.2) is 0 Å². The number of benzene rings is 1. The lowest BCUT2D eigenvalue weighted by molar-refractivity contribution is -0.00987. The summed E-state index contributed by atoms with van der Waals surface area (Å²) in [4.78, 5) is 4.12. The summed E-state index contributed by atoms with van der Waals surface area (Å²) in [6.45, 7) is 4.69. The van der Waals surface area contributed by atoms with Crippen LogP contribution in [-0.4, -0.2) is 21.2 Å². The van der Waals surface area contributed by atoms with E-state index < -0.39 is 5.60 Å². The fraction of sp³-hybridized carbons (Fsp3) is 0.381. The minimum atomic E-state index is -0.834. The molecule has 0 radical (unpaired) electrons. The van der Waals surface area contributed by atoms with Gasteiger partial charge < -0.3 is 15.0 Å². The van der Waals surface area contributed by atoms with E-state index in [0.717, 1.165) is 31.5 Å². The molecule has 3 aromatic rings. The molecular formula is C21H23N3O. The Morgan fingerprint density at radius 2 is 2.08 bits per heavy atom. The summed E-state index contributed by atoms with van der Waals surface area (Å²) in [7, 11) is 0. The van der Waals surface area contributed by atoms with E-state index in [1.807, 2.05) is 12.1 Å². The standard InChI is InChI=1S/C21H23N3O/c1-14-2-3-19-17(10-14)18-12-23-7-4-15-11-21(25,13-24(19)20(15)18)16-5-8-22-9-6-16/h2-3,5-6,8-10,15,23,25H,4,7,11-13H2,1H3. The number of aromatic nitrogens is 2. The van der Waals surface area contributed by atoms with Crippen molar-refractivity contribution in [2.75, 3.05) is 6.54 Å². The minimum absolute atomic E-state index is 0.379. The Labute approximate surface area is 147 Å². The molecule has 0 bridgehead atoms. The van der Waals surface area contributed by atoms with Gasteiger partial charge in [0.25, 0.3) is 0 Å². The van der Waals surface area contributed by atoms with Crippen molar-refractivity contribution < 1.29 is 5.11 Å². The molecule has 25 heavy (non-hydrogen) atoms. The topological polar surface area (TPSA) is 50.1 Å². The van der Waals surface area contributed by atoms with Crippen LogP contribution in [0.25, 0.3) is 10.9 Å². The van der Waals surface area contributed by atoms with Crippen LogP contribution < -0.4 is 5.32 Å². The average Bonchev–Trinajstić information content (AvgIpc) is 2.77. The Balaban J connectivity index is 1.75. The van der Waals surface area contributed by atoms with Gasteiger partial charge in [-0.3, -0.25) is 4.98 Å². The van der Waals surface area contributed by atoms with E-state index in [0.29, 0.717) is 12.5 Å². The van der Waals surface area contributed by atoms with E-state index in [-0.39, 0.29) is 0 Å². The van der Waals surface area contributed by atoms with Crippen LogP contribution in [0.5, 0.6) is 0 Å². The van der Waals surface area contributed by atoms with Crippen LogP contribution in [-0.2, 0) is 18.7 Å². The Kier molecular flexibility index (Phi) is 3.27. The van der Waals surface area contributed by atoms with E-state index in [2.05, 4.69) is 40.0 Å². The number of aliphatic hydroxyl groups is 1. The first-order valence-corrected chi connectivity index (χ1v) is 9.11. The quantitative estimate of drug-likeness (QED) is 0.719. The molecule has 1 aromatic carbocycles. The van der Waals surface area contributed by atoms with Crippen molar-refractivity contribution in [3.8, 4) is 0 Å². The number of hydrogen-bond donors (Lipinski definition) is 2. The van der Waals surface area contributed by atoms with Crippen molar-refractivity contribution in [3.63, 3.8) is 0 Å². The smallest absolute Gasteiger partial charge is 0.108 e. The van der Waals surface area contributed by atoms with Gasteiger partial charge in [0.2, 0.25) is 0 Å². The highest BCUT2D eigenvalue weighted by Gasteiger charge is 2.41. The Hall–Kier alpha value is -2.17. The van der Waals surface area contributed by atoms with Crippen molar-refractivity contribution in [1.29, 1.82) is 0 Å². The zero-order chi connectivity index (χ0) is 17.0. The van der Waals surface area contributed by atoms with E-state index >= 15 is 0 Å². The number of hydrogen-bond acceptors (Lipinski definition) is 3. The number of fused-ring (bicyclic) bond motifs is 3. The zero-order valence-corrected chi connectivity index (χ0v) is 14.5. The highest BCUT2D eigenvalue weighted by Crippen LogP contribution is 2.46. The van der Waals surface area contributed by atoms with Gasteiger partial charge in [0.1, 0.15) is 5.60 Å². The summed E-state index contributed by atoms with van der Waals surface area (Å²) in [5.74, 6) is 0.379. The Morgan fingerprint density at radius 3 is 2.92 bits per heavy atom. The first kappa shape index (κ1) is 15.1. The van der Waals surface area contributed by atoms with Crippen LogP contribution in [0.4, 0.5) is 0 Å². The van der Waals surface area contributed by atoms with Crippen LogP contribution >= 0.6 is 0 Å². The lowest BCUT2D eigenvalue weighted by atomic mass is 9.78. The molecule has 128 valence electrons. The number of pyridine rings is 1. The van der Waals surface area contributed by atoms with Crippen LogP contribution in [0.15, 0.2) is 42.7 Å². The molecule has 0 aliphatic carbocycles. The van der Waals surface area contributed by atoms with E-state index in [1.165, 1.54) is 27.7 Å². The molecule has 0 amide bonds. The van der Waals surface area contributed by atoms with Crippen LogP contribution in [0.1, 0.15) is 41.1 Å². The summed E-state index contributed by atoms with van der Waals surface area (Å²) in [5.41, 5.74) is 5.54. The van der Waals surface area contributed by atoms with Gasteiger partial charge in [0, 0.05) is 41.5 Å². The van der Waals surface area contributed by atoms with Gasteiger partial charge in [0.15, 0.2) is 0 Å². The lowest BCUT2D eigenvalue weighted by Gasteiger charge is -2.39. The molecule has 0 saturated heterocycles. The lowest BCUT2D eigenvalue weighted by Crippen LogP contribution is -2.38. The van der Waals surface area contributed by atoms with E-state index in [1.54, 1.807) is 12.4 Å². The molecule has 2 atom stereocenters. The fourth-order valence-corrected chi connectivity index (χ4v) is 4.81. The van der Waals surface area contributed by atoms with Crippen molar-refractivity contribution >= 4 is 10.9 Å². The van der Waals surface area contributed by atoms with Crippen LogP contribution in [0.3, 0.4) is 0 Å². The Bertz CT molecular complexity index is 947. The Morgan fingerprint density at radius 1 is 1.24 bits per heavy atom. The SMILES string of the molecule is Cc1ccc2c(c1)c1c3n2CC(O)(c2ccncc2)CC3CCNC1. The maximum Gasteiger partial charge on any atom is 0.108 e. The number of rotatable bonds is 1. The summed E-state index contributed by atoms with van der Waals surface area (Å²) < 4.78 is 2.38. The van der Waals surface area contributed by atoms with Crippen molar-refractivity contribution in [3.05, 3.63) is 65.1 Å². The molecule has 2 aliphatic heterocycles. The van der Waals surface area contributed by atoms with Gasteiger partial charge in [0.05, 0.1) is 6.54 Å². The largest absolute Gasteiger partial charge is 0.383 e. The van der Waals surface area contributed by atoms with Crippen molar-refractivity contribution in [1.82, 2.24) is 14.9 Å². The maximum absolute atomic E-state index is 11.6. The second-order valence-electron chi connectivity index (χ2n) is 7.60. The van der Waals surface area contributed by atoms with Gasteiger partial charge in [-0.05, 0) is 61.7 Å². The molecule has 0 saturated carbocycles. The fourth-order valence-electron chi connectivity index (χ4n) is 4.81. The molecule has 4 nitrogen and oxygen atoms in total. The molecule has 2 aliphatic rings. The van der Waals surface area contributed by atoms with Gasteiger partial charge >= 0.3 is 0 Å². The first-order chi connectivity index (χ1) is 12.2. The second-order valence-corrected chi connectivity index (χ2v) is 7.60. The van der Waals surface area contributed by atoms with Gasteiger partial charge in [-0.15, -0.1) is 0 Å². The summed E-state index contributed by atoms with van der Waals surface area (Å²) in [6.07, 6.45) is 5.40. The van der Waals surface area contributed by atoms with E-state index in [9.17, 15) is 5.11 Å². The third kappa shape index (κ3) is 2.25. The molecule has 0 spiro atoms. The molecule has 2 unspecified atom stereocenters. The molecular weight excluding hydrogens is 310 g/mol. The predicted octanol–water partition coefficient (Wildman–Crippen LogP) is 3.21. The van der Waals surface area contributed by atoms with Crippen molar-refractivity contribution in [2.45, 2.75) is 44.4 Å². The second kappa shape index (κ2) is 5.41. The first-order valence-electron chi connectivity index (χ1n) is 9.11. The average molecular weight is 333 g/mol. The molecule has 2 N–H and O–H groups in total. The third-order valence-electron chi connectivity index (χ3n) is 5.95. The normalized spacial score (nSPS) is 25.6. The number of nitrogens with one attached hydrogen (secondary N) is 1. The molecule has 4 heteroatoms. The van der Waals surface area contributed by atoms with E-state index in [4.69, 9.17) is 0 Å². The highest BCUT2D eigenvalue weighted by atomic mass is 16.3. The maximum atomic E-state index is 11.6. The highest BCUT2D eigenvalue weighted by molar-refractivity contribution is 5.87. The molecule has 5 rings (SSSR count). The minimum Gasteiger partial charge on any atom is -0.383 e. The predicted molar refractivity (Wildman–Crippen MR) is 98.5 cm³/mol. The summed E-state index contributed by atoms with van der Waals surface area (Å²) in [6, 6.07) is 10.6.